The Morgan fingerprint density at radius 2 is 1.26 bits per heavy atom. The van der Waals surface area contributed by atoms with Crippen LogP contribution in [-0.2, 0) is 20.4 Å². The van der Waals surface area contributed by atoms with E-state index < -0.39 is 29.1 Å². The largest absolute Gasteiger partial charge is 2.00 e. The van der Waals surface area contributed by atoms with E-state index in [1.54, 1.807) is 42.5 Å². The van der Waals surface area contributed by atoms with Gasteiger partial charge in [-0.15, -0.1) is 0 Å². The number of amides is 2. The van der Waals surface area contributed by atoms with Crippen molar-refractivity contribution in [2.75, 3.05) is 14.2 Å². The molecule has 4 aromatic rings. The fourth-order valence-corrected chi connectivity index (χ4v) is 3.59. The average Bonchev–Trinajstić information content (AvgIpc) is 2.99. The Hall–Kier alpha value is -5.15. The smallest absolute Gasteiger partial charge is 0.617 e. The molecule has 0 aliphatic heterocycles. The number of aromatic nitrogens is 1. The van der Waals surface area contributed by atoms with Crippen LogP contribution >= 0.6 is 0 Å². The van der Waals surface area contributed by atoms with E-state index in [0.717, 1.165) is 12.1 Å². The van der Waals surface area contributed by atoms with Crippen molar-refractivity contribution in [3.05, 3.63) is 112 Å². The Bertz CT molecular complexity index is 1640. The minimum atomic E-state index is -1.11. The summed E-state index contributed by atoms with van der Waals surface area (Å²) in [6, 6.07) is 20.8. The molecular weight excluding hydrogens is 639 g/mol. The Labute approximate surface area is 254 Å². The maximum absolute atomic E-state index is 14.8. The quantitative estimate of drug-likeness (QED) is 0.192. The molecule has 214 valence electrons. The van der Waals surface area contributed by atoms with Gasteiger partial charge in [-0.3, -0.25) is 0 Å². The van der Waals surface area contributed by atoms with Crippen molar-refractivity contribution in [3.8, 4) is 34.8 Å². The Morgan fingerprint density at radius 3 is 1.76 bits per heavy atom. The molecule has 0 N–H and O–H groups in total. The van der Waals surface area contributed by atoms with Crippen molar-refractivity contribution in [1.82, 2.24) is 4.98 Å². The van der Waals surface area contributed by atoms with Crippen LogP contribution in [0.4, 0.5) is 20.2 Å². The number of methoxy groups -OCH3 is 2. The van der Waals surface area contributed by atoms with Crippen molar-refractivity contribution in [1.29, 1.82) is 10.5 Å². The first kappa shape index (κ1) is 33.1. The van der Waals surface area contributed by atoms with Crippen LogP contribution in [0.15, 0.2) is 72.8 Å². The van der Waals surface area contributed by atoms with Crippen LogP contribution in [0.5, 0.6) is 11.5 Å². The molecule has 12 heteroatoms. The SMILES string of the molecule is CC#N.COc1cccc(OC)c1[N-]C(=O)c1cccc(C(=O)[N-]c2c(F)cc(-c3ccccc3C#N)cc2F)n1.[Pd+2]. The molecule has 0 saturated carbocycles. The summed E-state index contributed by atoms with van der Waals surface area (Å²) in [7, 11) is 2.81. The topological polar surface area (TPSA) is 141 Å². The number of nitriles is 2. The van der Waals surface area contributed by atoms with Crippen LogP contribution < -0.4 is 9.47 Å². The molecule has 0 atom stereocenters. The number of ether oxygens (including phenoxy) is 2. The van der Waals surface area contributed by atoms with Crippen molar-refractivity contribution < 1.29 is 48.3 Å². The van der Waals surface area contributed by atoms with Gasteiger partial charge in [0, 0.05) is 6.92 Å². The summed E-state index contributed by atoms with van der Waals surface area (Å²) in [6.45, 7) is 1.43. The van der Waals surface area contributed by atoms with E-state index in [2.05, 4.69) is 15.6 Å². The molecule has 1 heterocycles. The molecule has 0 bridgehead atoms. The van der Waals surface area contributed by atoms with E-state index in [0.29, 0.717) is 5.56 Å². The Balaban J connectivity index is 0.00000148. The standard InChI is InChI=1S/C28H20F2N4O4.C2H3N.Pd/c1-37-23-11-6-12-24(38-2)26(23)34-28(36)22-10-5-9-21(32-22)27(35)33-25-19(29)13-17(14-20(25)30)18-8-4-3-7-16(18)15-31;1-2-3;/h3-14H,1-2H3,(H2,33,34,35,36);1H3;/q;;+2/p-2. The normalized spacial score (nSPS) is 9.50. The van der Waals surface area contributed by atoms with Crippen molar-refractivity contribution in [2.24, 2.45) is 0 Å². The maximum atomic E-state index is 14.8. The molecule has 9 nitrogen and oxygen atoms in total. The third kappa shape index (κ3) is 7.74. The minimum absolute atomic E-state index is 0. The second-order valence-corrected chi connectivity index (χ2v) is 7.92. The zero-order chi connectivity index (χ0) is 29.9. The summed E-state index contributed by atoms with van der Waals surface area (Å²) in [6.07, 6.45) is 0. The van der Waals surface area contributed by atoms with Crippen LogP contribution in [0.25, 0.3) is 21.8 Å². The van der Waals surface area contributed by atoms with Crippen molar-refractivity contribution in [3.63, 3.8) is 0 Å². The maximum Gasteiger partial charge on any atom is 2.00 e. The summed E-state index contributed by atoms with van der Waals surface area (Å²) in [5, 5.41) is 24.1. The zero-order valence-corrected chi connectivity index (χ0v) is 23.9. The van der Waals surface area contributed by atoms with Gasteiger partial charge in [-0.25, -0.2) is 13.8 Å². The van der Waals surface area contributed by atoms with Crippen LogP contribution in [0.3, 0.4) is 0 Å². The first-order chi connectivity index (χ1) is 19.8. The third-order valence-electron chi connectivity index (χ3n) is 5.39. The molecule has 3 aromatic carbocycles. The van der Waals surface area contributed by atoms with Gasteiger partial charge < -0.3 is 29.7 Å². The fraction of sp³-hybridized carbons (Fsp3) is 0.100. The molecule has 0 radical (unpaired) electrons. The average molecular weight is 660 g/mol. The predicted molar refractivity (Wildman–Crippen MR) is 146 cm³/mol. The summed E-state index contributed by atoms with van der Waals surface area (Å²) < 4.78 is 40.1. The predicted octanol–water partition coefficient (Wildman–Crippen LogP) is 7.13. The van der Waals surface area contributed by atoms with E-state index in [1.165, 1.54) is 45.4 Å². The van der Waals surface area contributed by atoms with Crippen molar-refractivity contribution >= 4 is 23.2 Å². The number of rotatable bonds is 7. The summed E-state index contributed by atoms with van der Waals surface area (Å²) in [4.78, 5) is 29.5. The van der Waals surface area contributed by atoms with E-state index >= 15 is 0 Å². The van der Waals surface area contributed by atoms with Gasteiger partial charge in [0.1, 0.15) is 34.9 Å². The van der Waals surface area contributed by atoms with Crippen LogP contribution in [0.2, 0.25) is 0 Å². The molecule has 2 amide bonds. The first-order valence-electron chi connectivity index (χ1n) is 11.8. The van der Waals surface area contributed by atoms with Gasteiger partial charge in [0.05, 0.1) is 43.3 Å². The van der Waals surface area contributed by atoms with Gasteiger partial charge in [0.25, 0.3) is 0 Å². The Kier molecular flexibility index (Phi) is 12.3. The number of pyridine rings is 1. The number of benzene rings is 3. The van der Waals surface area contributed by atoms with Gasteiger partial charge in [0.2, 0.25) is 0 Å². The van der Waals surface area contributed by atoms with E-state index in [4.69, 9.17) is 14.7 Å². The molecule has 0 spiro atoms. The van der Waals surface area contributed by atoms with E-state index in [9.17, 15) is 23.6 Å². The van der Waals surface area contributed by atoms with E-state index in [-0.39, 0.29) is 60.1 Å². The number of hydrogen-bond acceptors (Lipinski definition) is 7. The molecule has 42 heavy (non-hydrogen) atoms. The second-order valence-electron chi connectivity index (χ2n) is 7.92. The minimum Gasteiger partial charge on any atom is -0.617 e. The second kappa shape index (κ2) is 15.6. The number of nitrogens with zero attached hydrogens (tertiary/aromatic N) is 5. The number of para-hydroxylation sites is 1. The monoisotopic (exact) mass is 659 g/mol. The molecular formula is C30H21F2N5O4Pd. The van der Waals surface area contributed by atoms with Crippen LogP contribution in [-0.4, -0.2) is 31.0 Å². The summed E-state index contributed by atoms with van der Waals surface area (Å²) in [5.74, 6) is -3.52. The number of carbonyl (C=O) groups excluding carboxylic acids is 2. The van der Waals surface area contributed by atoms with Crippen LogP contribution in [0.1, 0.15) is 33.5 Å². The van der Waals surface area contributed by atoms with Gasteiger partial charge in [-0.05, 0) is 59.3 Å². The molecule has 0 aliphatic rings. The molecule has 0 aliphatic carbocycles. The van der Waals surface area contributed by atoms with Crippen LogP contribution in [0, 0.1) is 34.3 Å². The number of halogens is 2. The van der Waals surface area contributed by atoms with Crippen molar-refractivity contribution in [2.45, 2.75) is 6.92 Å². The molecule has 0 saturated heterocycles. The van der Waals surface area contributed by atoms with Gasteiger partial charge in [0.15, 0.2) is 0 Å². The molecule has 0 unspecified atom stereocenters. The third-order valence-corrected chi connectivity index (χ3v) is 5.39. The van der Waals surface area contributed by atoms with Gasteiger partial charge >= 0.3 is 20.4 Å². The summed E-state index contributed by atoms with van der Waals surface area (Å²) in [5.41, 5.74) is -0.548. The van der Waals surface area contributed by atoms with Gasteiger partial charge in [-0.2, -0.15) is 10.5 Å². The zero-order valence-electron chi connectivity index (χ0n) is 22.4. The molecule has 1 aromatic heterocycles. The number of hydrogen-bond donors (Lipinski definition) is 0. The van der Waals surface area contributed by atoms with Gasteiger partial charge in [-0.1, -0.05) is 36.0 Å². The number of carbonyl (C=O) groups is 2. The Morgan fingerprint density at radius 1 is 0.786 bits per heavy atom. The van der Waals surface area contributed by atoms with E-state index in [1.807, 2.05) is 6.07 Å². The molecule has 4 rings (SSSR count). The summed E-state index contributed by atoms with van der Waals surface area (Å²) >= 11 is 0. The fourth-order valence-electron chi connectivity index (χ4n) is 3.59. The first-order valence-corrected chi connectivity index (χ1v) is 11.8. The molecule has 0 fully saturated rings.